The Morgan fingerprint density at radius 1 is 1.33 bits per heavy atom. The van der Waals surface area contributed by atoms with E-state index in [0.717, 1.165) is 19.3 Å². The molecule has 0 aromatic heterocycles. The van der Waals surface area contributed by atoms with Crippen LogP contribution < -0.4 is 5.73 Å². The van der Waals surface area contributed by atoms with E-state index in [2.05, 4.69) is 0 Å². The minimum Gasteiger partial charge on any atom is -0.373 e. The highest BCUT2D eigenvalue weighted by Crippen LogP contribution is 2.21. The Kier molecular flexibility index (Phi) is 3.34. The minimum atomic E-state index is -0.195. The predicted octanol–water partition coefficient (Wildman–Crippen LogP) is 2.22. The van der Waals surface area contributed by atoms with Gasteiger partial charge in [-0.1, -0.05) is 18.2 Å². The Bertz CT molecular complexity index is 329. The first-order valence-electron chi connectivity index (χ1n) is 5.36. The summed E-state index contributed by atoms with van der Waals surface area (Å²) >= 11 is 0. The summed E-state index contributed by atoms with van der Waals surface area (Å²) in [6.45, 7) is 0.351. The molecule has 0 heterocycles. The fourth-order valence-corrected chi connectivity index (χ4v) is 1.95. The molecule has 1 aliphatic rings. The molecule has 1 aromatic carbocycles. The average molecular weight is 209 g/mol. The topological polar surface area (TPSA) is 35.2 Å². The van der Waals surface area contributed by atoms with E-state index < -0.39 is 0 Å². The number of ether oxygens (including phenoxy) is 1. The molecular weight excluding hydrogens is 193 g/mol. The van der Waals surface area contributed by atoms with E-state index in [9.17, 15) is 4.39 Å². The molecule has 1 fully saturated rings. The van der Waals surface area contributed by atoms with Crippen molar-refractivity contribution in [2.75, 3.05) is 0 Å². The zero-order chi connectivity index (χ0) is 10.7. The van der Waals surface area contributed by atoms with Crippen molar-refractivity contribution in [2.24, 2.45) is 5.73 Å². The third kappa shape index (κ3) is 2.76. The first-order chi connectivity index (χ1) is 7.25. The molecule has 0 spiro atoms. The van der Waals surface area contributed by atoms with Gasteiger partial charge in [-0.3, -0.25) is 0 Å². The van der Waals surface area contributed by atoms with Crippen molar-refractivity contribution in [2.45, 2.75) is 38.0 Å². The molecule has 2 unspecified atom stereocenters. The molecule has 1 saturated carbocycles. The van der Waals surface area contributed by atoms with Gasteiger partial charge in [0.2, 0.25) is 0 Å². The number of benzene rings is 1. The monoisotopic (exact) mass is 209 g/mol. The van der Waals surface area contributed by atoms with Crippen molar-refractivity contribution in [3.63, 3.8) is 0 Å². The first-order valence-corrected chi connectivity index (χ1v) is 5.36. The lowest BCUT2D eigenvalue weighted by atomic mass is 10.2. The summed E-state index contributed by atoms with van der Waals surface area (Å²) in [5, 5.41) is 0. The van der Waals surface area contributed by atoms with Crippen LogP contribution in [0.3, 0.4) is 0 Å². The maximum atomic E-state index is 13.2. The highest BCUT2D eigenvalue weighted by Gasteiger charge is 2.22. The van der Waals surface area contributed by atoms with Crippen molar-refractivity contribution < 1.29 is 9.13 Å². The fraction of sp³-hybridized carbons (Fsp3) is 0.500. The molecule has 2 rings (SSSR count). The van der Waals surface area contributed by atoms with Crippen molar-refractivity contribution in [1.29, 1.82) is 0 Å². The van der Waals surface area contributed by atoms with Gasteiger partial charge in [0.05, 0.1) is 12.7 Å². The average Bonchev–Trinajstić information content (AvgIpc) is 2.63. The molecule has 0 aliphatic heterocycles. The van der Waals surface area contributed by atoms with Crippen LogP contribution in [0.25, 0.3) is 0 Å². The molecular formula is C12H16FNO. The van der Waals surface area contributed by atoms with Crippen molar-refractivity contribution in [3.8, 4) is 0 Å². The van der Waals surface area contributed by atoms with Gasteiger partial charge < -0.3 is 10.5 Å². The molecule has 3 heteroatoms. The van der Waals surface area contributed by atoms with E-state index in [4.69, 9.17) is 10.5 Å². The number of rotatable bonds is 3. The SMILES string of the molecule is NC1CCC(OCc2ccccc2F)C1. The molecule has 0 bridgehead atoms. The van der Waals surface area contributed by atoms with Gasteiger partial charge in [-0.15, -0.1) is 0 Å². The van der Waals surface area contributed by atoms with Crippen LogP contribution in [0.2, 0.25) is 0 Å². The lowest BCUT2D eigenvalue weighted by molar-refractivity contribution is 0.0433. The minimum absolute atomic E-state index is 0.195. The standard InChI is InChI=1S/C12H16FNO/c13-12-4-2-1-3-9(12)8-15-11-6-5-10(14)7-11/h1-4,10-11H,5-8,14H2. The summed E-state index contributed by atoms with van der Waals surface area (Å²) in [4.78, 5) is 0. The van der Waals surface area contributed by atoms with Crippen molar-refractivity contribution in [3.05, 3.63) is 35.6 Å². The maximum Gasteiger partial charge on any atom is 0.128 e. The normalized spacial score (nSPS) is 25.7. The van der Waals surface area contributed by atoms with Crippen LogP contribution >= 0.6 is 0 Å². The largest absolute Gasteiger partial charge is 0.373 e. The molecule has 1 aliphatic carbocycles. The first kappa shape index (κ1) is 10.6. The van der Waals surface area contributed by atoms with E-state index in [1.807, 2.05) is 6.07 Å². The lowest BCUT2D eigenvalue weighted by Gasteiger charge is -2.11. The van der Waals surface area contributed by atoms with E-state index >= 15 is 0 Å². The summed E-state index contributed by atoms with van der Waals surface area (Å²) in [7, 11) is 0. The number of hydrogen-bond donors (Lipinski definition) is 1. The quantitative estimate of drug-likeness (QED) is 0.828. The summed E-state index contributed by atoms with van der Waals surface area (Å²) < 4.78 is 18.9. The molecule has 0 amide bonds. The molecule has 15 heavy (non-hydrogen) atoms. The van der Waals surface area contributed by atoms with E-state index in [-0.39, 0.29) is 18.0 Å². The van der Waals surface area contributed by atoms with Crippen LogP contribution in [0.15, 0.2) is 24.3 Å². The second-order valence-electron chi connectivity index (χ2n) is 4.10. The summed E-state index contributed by atoms with van der Waals surface area (Å²) in [5.74, 6) is -0.195. The molecule has 0 saturated heterocycles. The summed E-state index contributed by atoms with van der Waals surface area (Å²) in [5.41, 5.74) is 6.39. The van der Waals surface area contributed by atoms with Gasteiger partial charge >= 0.3 is 0 Å². The van der Waals surface area contributed by atoms with Gasteiger partial charge in [0, 0.05) is 11.6 Å². The molecule has 82 valence electrons. The molecule has 2 nitrogen and oxygen atoms in total. The van der Waals surface area contributed by atoms with Gasteiger partial charge in [-0.2, -0.15) is 0 Å². The molecule has 0 radical (unpaired) electrons. The van der Waals surface area contributed by atoms with Crippen LogP contribution in [-0.4, -0.2) is 12.1 Å². The van der Waals surface area contributed by atoms with Crippen LogP contribution in [0, 0.1) is 5.82 Å². The van der Waals surface area contributed by atoms with Gasteiger partial charge in [-0.05, 0) is 25.3 Å². The van der Waals surface area contributed by atoms with E-state index in [1.54, 1.807) is 12.1 Å². The van der Waals surface area contributed by atoms with Gasteiger partial charge in [0.25, 0.3) is 0 Å². The van der Waals surface area contributed by atoms with Crippen molar-refractivity contribution >= 4 is 0 Å². The van der Waals surface area contributed by atoms with Gasteiger partial charge in [0.1, 0.15) is 5.82 Å². The second-order valence-corrected chi connectivity index (χ2v) is 4.10. The third-order valence-electron chi connectivity index (χ3n) is 2.86. The number of hydrogen-bond acceptors (Lipinski definition) is 2. The molecule has 2 atom stereocenters. The fourth-order valence-electron chi connectivity index (χ4n) is 1.95. The zero-order valence-electron chi connectivity index (χ0n) is 8.66. The zero-order valence-corrected chi connectivity index (χ0v) is 8.66. The summed E-state index contributed by atoms with van der Waals surface area (Å²) in [6, 6.07) is 6.98. The predicted molar refractivity (Wildman–Crippen MR) is 56.8 cm³/mol. The van der Waals surface area contributed by atoms with Crippen LogP contribution in [0.5, 0.6) is 0 Å². The van der Waals surface area contributed by atoms with E-state index in [0.29, 0.717) is 12.2 Å². The molecule has 2 N–H and O–H groups in total. The lowest BCUT2D eigenvalue weighted by Crippen LogP contribution is -2.17. The Morgan fingerprint density at radius 2 is 2.13 bits per heavy atom. The Balaban J connectivity index is 1.86. The van der Waals surface area contributed by atoms with Crippen LogP contribution in [0.1, 0.15) is 24.8 Å². The highest BCUT2D eigenvalue weighted by molar-refractivity contribution is 5.16. The highest BCUT2D eigenvalue weighted by atomic mass is 19.1. The van der Waals surface area contributed by atoms with E-state index in [1.165, 1.54) is 6.07 Å². The Hall–Kier alpha value is -0.930. The van der Waals surface area contributed by atoms with Crippen molar-refractivity contribution in [1.82, 2.24) is 0 Å². The van der Waals surface area contributed by atoms with Crippen LogP contribution in [-0.2, 0) is 11.3 Å². The third-order valence-corrected chi connectivity index (χ3v) is 2.86. The van der Waals surface area contributed by atoms with Gasteiger partial charge in [-0.25, -0.2) is 4.39 Å². The Morgan fingerprint density at radius 3 is 2.80 bits per heavy atom. The van der Waals surface area contributed by atoms with Gasteiger partial charge in [0.15, 0.2) is 0 Å². The Labute approximate surface area is 89.2 Å². The maximum absolute atomic E-state index is 13.2. The molecule has 1 aromatic rings. The number of nitrogens with two attached hydrogens (primary N) is 1. The number of halogens is 1. The second kappa shape index (κ2) is 4.73. The smallest absolute Gasteiger partial charge is 0.128 e. The van der Waals surface area contributed by atoms with Crippen LogP contribution in [0.4, 0.5) is 4.39 Å². The summed E-state index contributed by atoms with van der Waals surface area (Å²) in [6.07, 6.45) is 3.12.